The van der Waals surface area contributed by atoms with E-state index in [1.54, 1.807) is 0 Å². The van der Waals surface area contributed by atoms with Crippen molar-refractivity contribution >= 4 is 31.6 Å². The van der Waals surface area contributed by atoms with Gasteiger partial charge in [0.15, 0.2) is 19.7 Å². The third kappa shape index (κ3) is 9.66. The minimum absolute atomic E-state index is 0. The number of carboxylic acids is 2. The Kier molecular flexibility index (Phi) is 12.2. The van der Waals surface area contributed by atoms with Crippen LogP contribution in [0.1, 0.15) is 23.3 Å². The summed E-state index contributed by atoms with van der Waals surface area (Å²) in [7, 11) is -6.65. The topological polar surface area (TPSA) is 241 Å². The van der Waals surface area contributed by atoms with Gasteiger partial charge in [-0.25, -0.2) is 16.8 Å². The van der Waals surface area contributed by atoms with Crippen LogP contribution in [0.2, 0.25) is 0 Å². The molecule has 0 heterocycles. The predicted octanol–water partition coefficient (Wildman–Crippen LogP) is -3.60. The Morgan fingerprint density at radius 1 is 0.686 bits per heavy atom. The fourth-order valence-electron chi connectivity index (χ4n) is 2.50. The number of rotatable bonds is 8. The van der Waals surface area contributed by atoms with Crippen LogP contribution in [0.4, 0.5) is 0 Å². The maximum absolute atomic E-state index is 11.2. The Morgan fingerprint density at radius 3 is 1.09 bits per heavy atom. The first kappa shape index (κ1) is 32.6. The molecule has 1 radical (unpaired) electrons. The summed E-state index contributed by atoms with van der Waals surface area (Å²) in [5, 5.41) is 40.0. The number of carbonyl (C=O) groups is 2. The predicted molar refractivity (Wildman–Crippen MR) is 115 cm³/mol. The molecule has 197 valence electrons. The number of aliphatic carboxylic acids is 2. The fraction of sp³-hybridized carbons (Fsp3) is 0.300. The van der Waals surface area contributed by atoms with Gasteiger partial charge in [0.25, 0.3) is 0 Å². The minimum atomic E-state index is -3.32. The summed E-state index contributed by atoms with van der Waals surface area (Å²) < 4.78 is 44.7. The van der Waals surface area contributed by atoms with Gasteiger partial charge >= 0.3 is 17.1 Å². The van der Waals surface area contributed by atoms with Gasteiger partial charge in [-0.05, 0) is 35.4 Å². The zero-order chi connectivity index (χ0) is 26.4. The molecule has 0 aliphatic carbocycles. The zero-order valence-electron chi connectivity index (χ0n) is 18.4. The molecule has 0 saturated heterocycles. The number of carboxylic acid groups (broad SMARTS) is 2. The molecule has 12 nitrogen and oxygen atoms in total. The van der Waals surface area contributed by atoms with Gasteiger partial charge in [-0.2, -0.15) is 0 Å². The van der Waals surface area contributed by atoms with Crippen molar-refractivity contribution in [1.82, 2.24) is 0 Å². The number of hydrogen-bond donors (Lipinski definition) is 4. The van der Waals surface area contributed by atoms with Crippen molar-refractivity contribution in [3.05, 3.63) is 59.7 Å². The Labute approximate surface area is 212 Å². The molecule has 2 rings (SSSR count). The summed E-state index contributed by atoms with van der Waals surface area (Å²) in [4.78, 5) is 21.1. The summed E-state index contributed by atoms with van der Waals surface area (Å²) in [6.07, 6.45) is -0.779. The largest absolute Gasteiger partial charge is 2.00 e. The van der Waals surface area contributed by atoms with E-state index < -0.39 is 55.9 Å². The van der Waals surface area contributed by atoms with E-state index in [1.807, 2.05) is 0 Å². The maximum atomic E-state index is 11.2. The van der Waals surface area contributed by atoms with Gasteiger partial charge in [0.2, 0.25) is 0 Å². The van der Waals surface area contributed by atoms with Crippen LogP contribution >= 0.6 is 0 Å². The van der Waals surface area contributed by atoms with E-state index in [0.717, 1.165) is 12.5 Å². The molecule has 35 heavy (non-hydrogen) atoms. The number of nitrogens with two attached hydrogens (primary N) is 2. The standard InChI is InChI=1S/2C10H13NO5S.Cu/c2*1-17(15,16)7-4-2-6(3-5-7)9(12)8(11)10(13)14;/h2*2-5,8-9,12H,11H2,1H3,(H,13,14);/q;;+2/p-2/t2*8-,9?;/m00./s1. The molecule has 15 heteroatoms. The molecule has 4 atom stereocenters. The normalized spacial score (nSPS) is 14.8. The van der Waals surface area contributed by atoms with Crippen LogP contribution < -0.4 is 21.7 Å². The van der Waals surface area contributed by atoms with Gasteiger partial charge in [0.05, 0.1) is 46.0 Å². The average molecular weight is 580 g/mol. The molecule has 0 aliphatic heterocycles. The van der Waals surface area contributed by atoms with Crippen LogP contribution in [-0.2, 0) is 46.3 Å². The Bertz CT molecular complexity index is 1120. The zero-order valence-corrected chi connectivity index (χ0v) is 20.9. The average Bonchev–Trinajstić information content (AvgIpc) is 2.76. The second-order valence-corrected chi connectivity index (χ2v) is 11.3. The van der Waals surface area contributed by atoms with Crippen molar-refractivity contribution < 1.29 is 63.9 Å². The molecule has 0 saturated carbocycles. The van der Waals surface area contributed by atoms with Crippen LogP contribution in [0.25, 0.3) is 0 Å². The third-order valence-corrected chi connectivity index (χ3v) is 6.78. The van der Waals surface area contributed by atoms with Crippen molar-refractivity contribution in [2.75, 3.05) is 12.5 Å². The van der Waals surface area contributed by atoms with Gasteiger partial charge in [0.1, 0.15) is 0 Å². The second kappa shape index (κ2) is 13.1. The number of hydrogen-bond acceptors (Lipinski definition) is 12. The van der Waals surface area contributed by atoms with Gasteiger partial charge in [-0.3, -0.25) is 0 Å². The smallest absolute Gasteiger partial charge is 0.548 e. The second-order valence-electron chi connectivity index (χ2n) is 7.26. The summed E-state index contributed by atoms with van der Waals surface area (Å²) in [6.45, 7) is 0. The van der Waals surface area contributed by atoms with Crippen LogP contribution in [-0.4, -0.2) is 63.6 Å². The molecule has 0 aliphatic rings. The maximum Gasteiger partial charge on any atom is 2.00 e. The van der Waals surface area contributed by atoms with Crippen LogP contribution in [0.15, 0.2) is 58.3 Å². The molecule has 2 aromatic rings. The number of sulfone groups is 2. The summed E-state index contributed by atoms with van der Waals surface area (Å²) in [5.74, 6) is -3.16. The van der Waals surface area contributed by atoms with E-state index in [4.69, 9.17) is 11.5 Å². The number of benzene rings is 2. The third-order valence-electron chi connectivity index (χ3n) is 4.52. The monoisotopic (exact) mass is 579 g/mol. The van der Waals surface area contributed by atoms with Gasteiger partial charge in [-0.1, -0.05) is 24.3 Å². The van der Waals surface area contributed by atoms with Crippen molar-refractivity contribution in [3.63, 3.8) is 0 Å². The van der Waals surface area contributed by atoms with E-state index in [0.29, 0.717) is 0 Å². The van der Waals surface area contributed by atoms with Crippen molar-refractivity contribution in [3.8, 4) is 0 Å². The number of aliphatic hydroxyl groups excluding tert-OH is 2. The Balaban J connectivity index is 0.000000642. The van der Waals surface area contributed by atoms with Crippen molar-refractivity contribution in [2.45, 2.75) is 34.1 Å². The van der Waals surface area contributed by atoms with Crippen LogP contribution in [0.5, 0.6) is 0 Å². The molecular weight excluding hydrogens is 556 g/mol. The van der Waals surface area contributed by atoms with E-state index in [-0.39, 0.29) is 38.0 Å². The van der Waals surface area contributed by atoms with Gasteiger partial charge in [0, 0.05) is 12.5 Å². The molecule has 0 fully saturated rings. The molecule has 6 N–H and O–H groups in total. The molecule has 2 aromatic carbocycles. The Morgan fingerprint density at radius 2 is 0.914 bits per heavy atom. The van der Waals surface area contributed by atoms with Crippen molar-refractivity contribution in [1.29, 1.82) is 0 Å². The van der Waals surface area contributed by atoms with Gasteiger partial charge < -0.3 is 41.5 Å². The SMILES string of the molecule is CS(=O)(=O)c1ccc(C(O)[C@H](N)C(=O)[O-])cc1.CS(=O)(=O)c1ccc(C(O)[C@H](N)C(=O)[O-])cc1.[Cu+2]. The van der Waals surface area contributed by atoms with E-state index >= 15 is 0 Å². The first-order valence-corrected chi connectivity index (χ1v) is 13.1. The molecular formula is C20H24CuN2O10S2. The van der Waals surface area contributed by atoms with E-state index in [9.17, 15) is 46.9 Å². The van der Waals surface area contributed by atoms with Crippen LogP contribution in [0, 0.1) is 0 Å². The molecule has 0 spiro atoms. The first-order chi connectivity index (χ1) is 15.5. The minimum Gasteiger partial charge on any atom is -0.548 e. The van der Waals surface area contributed by atoms with Crippen molar-refractivity contribution in [2.24, 2.45) is 11.5 Å². The molecule has 0 bridgehead atoms. The quantitative estimate of drug-likeness (QED) is 0.222. The molecule has 0 aromatic heterocycles. The van der Waals surface area contributed by atoms with E-state index in [2.05, 4.69) is 0 Å². The summed E-state index contributed by atoms with van der Waals surface area (Å²) >= 11 is 0. The molecule has 0 amide bonds. The number of carbonyl (C=O) groups excluding carboxylic acids is 2. The first-order valence-electron chi connectivity index (χ1n) is 9.36. The Hall–Kier alpha value is -2.36. The van der Waals surface area contributed by atoms with Crippen LogP contribution in [0.3, 0.4) is 0 Å². The fourth-order valence-corrected chi connectivity index (χ4v) is 3.76. The summed E-state index contributed by atoms with van der Waals surface area (Å²) in [5.41, 5.74) is 10.8. The molecule has 2 unspecified atom stereocenters. The van der Waals surface area contributed by atoms with Gasteiger partial charge in [-0.15, -0.1) is 0 Å². The number of aliphatic hydroxyl groups is 2. The van der Waals surface area contributed by atoms with E-state index in [1.165, 1.54) is 48.5 Å². The summed E-state index contributed by atoms with van der Waals surface area (Å²) in [6, 6.07) is 7.22.